The van der Waals surface area contributed by atoms with Gasteiger partial charge in [-0.15, -0.1) is 0 Å². The number of rotatable bonds is 6. The molecule has 0 aliphatic carbocycles. The van der Waals surface area contributed by atoms with E-state index in [4.69, 9.17) is 0 Å². The van der Waals surface area contributed by atoms with Gasteiger partial charge in [-0.05, 0) is 46.7 Å². The molecule has 2 rings (SSSR count). The van der Waals surface area contributed by atoms with E-state index >= 15 is 0 Å². The molecule has 28 heavy (non-hydrogen) atoms. The number of anilines is 2. The first-order valence-corrected chi connectivity index (χ1v) is 9.86. The van der Waals surface area contributed by atoms with Crippen LogP contribution in [0.25, 0.3) is 0 Å². The van der Waals surface area contributed by atoms with Crippen molar-refractivity contribution in [1.29, 1.82) is 0 Å². The molecule has 4 nitrogen and oxygen atoms in total. The second-order valence-electron chi connectivity index (χ2n) is 8.54. The maximum absolute atomic E-state index is 12.3. The fourth-order valence-electron chi connectivity index (χ4n) is 3.00. The van der Waals surface area contributed by atoms with Gasteiger partial charge in [-0.1, -0.05) is 58.9 Å². The molecule has 0 saturated carbocycles. The maximum atomic E-state index is 12.3. The predicted molar refractivity (Wildman–Crippen MR) is 117 cm³/mol. The minimum Gasteiger partial charge on any atom is -0.326 e. The quantitative estimate of drug-likeness (QED) is 0.720. The molecule has 0 bridgehead atoms. The van der Waals surface area contributed by atoms with Crippen LogP contribution in [-0.2, 0) is 15.0 Å². The number of carbonyl (C=O) groups is 2. The van der Waals surface area contributed by atoms with E-state index in [0.29, 0.717) is 12.5 Å². The third kappa shape index (κ3) is 5.95. The molecule has 0 saturated heterocycles. The molecule has 2 amide bonds. The summed E-state index contributed by atoms with van der Waals surface area (Å²) in [4.78, 5) is 26.1. The average molecular weight is 381 g/mol. The van der Waals surface area contributed by atoms with Crippen LogP contribution in [0.5, 0.6) is 0 Å². The largest absolute Gasteiger partial charge is 0.326 e. The number of nitrogens with zero attached hydrogens (tertiary/aromatic N) is 1. The van der Waals surface area contributed by atoms with Crippen LogP contribution in [0.1, 0.15) is 65.0 Å². The van der Waals surface area contributed by atoms with Gasteiger partial charge in [0, 0.05) is 31.3 Å². The van der Waals surface area contributed by atoms with E-state index in [1.165, 1.54) is 18.1 Å². The Morgan fingerprint density at radius 1 is 0.964 bits per heavy atom. The summed E-state index contributed by atoms with van der Waals surface area (Å²) in [5.41, 5.74) is 4.12. The lowest BCUT2D eigenvalue weighted by Crippen LogP contribution is -2.31. The van der Waals surface area contributed by atoms with E-state index in [1.807, 2.05) is 48.5 Å². The van der Waals surface area contributed by atoms with E-state index < -0.39 is 0 Å². The molecule has 0 atom stereocenters. The van der Waals surface area contributed by atoms with Crippen LogP contribution >= 0.6 is 0 Å². The van der Waals surface area contributed by atoms with E-state index in [1.54, 1.807) is 4.90 Å². The van der Waals surface area contributed by atoms with E-state index in [-0.39, 0.29) is 23.7 Å². The van der Waals surface area contributed by atoms with Gasteiger partial charge in [0.05, 0.1) is 0 Å². The fraction of sp³-hybridized carbons (Fsp3) is 0.417. The van der Waals surface area contributed by atoms with Crippen LogP contribution in [0, 0.1) is 0 Å². The van der Waals surface area contributed by atoms with E-state index in [9.17, 15) is 9.59 Å². The predicted octanol–water partition coefficient (Wildman–Crippen LogP) is 5.49. The Morgan fingerprint density at radius 2 is 1.54 bits per heavy atom. The minimum atomic E-state index is -0.103. The van der Waals surface area contributed by atoms with Gasteiger partial charge in [0.2, 0.25) is 11.8 Å². The van der Waals surface area contributed by atoms with Gasteiger partial charge in [-0.25, -0.2) is 0 Å². The summed E-state index contributed by atoms with van der Waals surface area (Å²) in [6.07, 6.45) is 0.243. The zero-order chi connectivity index (χ0) is 20.9. The second kappa shape index (κ2) is 9.05. The average Bonchev–Trinajstić information content (AvgIpc) is 2.61. The Kier molecular flexibility index (Phi) is 7.00. The number of nitrogens with one attached hydrogen (secondary N) is 1. The van der Waals surface area contributed by atoms with E-state index in [0.717, 1.165) is 11.4 Å². The Morgan fingerprint density at radius 3 is 2.00 bits per heavy atom. The lowest BCUT2D eigenvalue weighted by Gasteiger charge is -2.22. The molecule has 0 radical (unpaired) electrons. The molecule has 0 heterocycles. The van der Waals surface area contributed by atoms with Crippen molar-refractivity contribution in [1.82, 2.24) is 0 Å². The molecule has 1 N–H and O–H groups in total. The van der Waals surface area contributed by atoms with Gasteiger partial charge in [-0.3, -0.25) is 9.59 Å². The highest BCUT2D eigenvalue weighted by Gasteiger charge is 2.15. The summed E-state index contributed by atoms with van der Waals surface area (Å²) in [5.74, 6) is 0.267. The highest BCUT2D eigenvalue weighted by atomic mass is 16.2. The molecule has 0 aliphatic heterocycles. The molecule has 0 fully saturated rings. The first kappa shape index (κ1) is 21.7. The number of amides is 2. The smallest absolute Gasteiger partial charge is 0.226 e. The van der Waals surface area contributed by atoms with Crippen LogP contribution in [0.4, 0.5) is 11.4 Å². The third-order valence-corrected chi connectivity index (χ3v) is 4.85. The van der Waals surface area contributed by atoms with Crippen LogP contribution in [-0.4, -0.2) is 18.4 Å². The zero-order valence-corrected chi connectivity index (χ0v) is 17.9. The zero-order valence-electron chi connectivity index (χ0n) is 17.9. The lowest BCUT2D eigenvalue weighted by molar-refractivity contribution is -0.117. The third-order valence-electron chi connectivity index (χ3n) is 4.85. The highest BCUT2D eigenvalue weighted by Crippen LogP contribution is 2.24. The Balaban J connectivity index is 1.97. The number of hydrogen-bond acceptors (Lipinski definition) is 2. The van der Waals surface area contributed by atoms with Crippen molar-refractivity contribution < 1.29 is 9.59 Å². The van der Waals surface area contributed by atoms with Gasteiger partial charge in [0.25, 0.3) is 0 Å². The Labute approximate surface area is 169 Å². The first-order chi connectivity index (χ1) is 13.1. The summed E-state index contributed by atoms with van der Waals surface area (Å²) in [6.45, 7) is 12.6. The highest BCUT2D eigenvalue weighted by molar-refractivity contribution is 5.94. The van der Waals surface area contributed by atoms with Crippen LogP contribution in [0.15, 0.2) is 48.5 Å². The van der Waals surface area contributed by atoms with Crippen molar-refractivity contribution in [2.45, 2.75) is 59.3 Å². The lowest BCUT2D eigenvalue weighted by atomic mass is 9.87. The normalized spacial score (nSPS) is 11.4. The number of benzene rings is 2. The van der Waals surface area contributed by atoms with Crippen molar-refractivity contribution in [3.8, 4) is 0 Å². The molecule has 0 unspecified atom stereocenters. The van der Waals surface area contributed by atoms with Crippen molar-refractivity contribution >= 4 is 23.2 Å². The van der Waals surface area contributed by atoms with E-state index in [2.05, 4.69) is 39.9 Å². The van der Waals surface area contributed by atoms with Crippen LogP contribution in [0.2, 0.25) is 0 Å². The number of hydrogen-bond donors (Lipinski definition) is 1. The van der Waals surface area contributed by atoms with Crippen molar-refractivity contribution in [2.24, 2.45) is 0 Å². The molecular weight excluding hydrogens is 348 g/mol. The maximum Gasteiger partial charge on any atom is 0.226 e. The topological polar surface area (TPSA) is 49.4 Å². The SMILES string of the molecule is CC(=O)N(CCC(=O)Nc1ccc(C(C)(C)C)cc1)c1ccc(C(C)C)cc1. The number of carbonyl (C=O) groups excluding carboxylic acids is 2. The molecule has 2 aromatic rings. The summed E-state index contributed by atoms with van der Waals surface area (Å²) in [7, 11) is 0. The molecule has 2 aromatic carbocycles. The van der Waals surface area contributed by atoms with Gasteiger partial charge >= 0.3 is 0 Å². The van der Waals surface area contributed by atoms with Crippen molar-refractivity contribution in [3.05, 3.63) is 59.7 Å². The van der Waals surface area contributed by atoms with Crippen molar-refractivity contribution in [2.75, 3.05) is 16.8 Å². The van der Waals surface area contributed by atoms with Crippen LogP contribution < -0.4 is 10.2 Å². The second-order valence-corrected chi connectivity index (χ2v) is 8.54. The monoisotopic (exact) mass is 380 g/mol. The molecule has 0 aliphatic rings. The fourth-order valence-corrected chi connectivity index (χ4v) is 3.00. The molecule has 0 spiro atoms. The Hall–Kier alpha value is -2.62. The molecular formula is C24H32N2O2. The summed E-state index contributed by atoms with van der Waals surface area (Å²) < 4.78 is 0. The van der Waals surface area contributed by atoms with Gasteiger partial charge < -0.3 is 10.2 Å². The van der Waals surface area contributed by atoms with Gasteiger partial charge in [0.15, 0.2) is 0 Å². The van der Waals surface area contributed by atoms with Gasteiger partial charge in [-0.2, -0.15) is 0 Å². The van der Waals surface area contributed by atoms with Crippen LogP contribution in [0.3, 0.4) is 0 Å². The molecule has 0 aromatic heterocycles. The summed E-state index contributed by atoms with van der Waals surface area (Å²) in [5, 5.41) is 2.91. The summed E-state index contributed by atoms with van der Waals surface area (Å²) in [6, 6.07) is 15.9. The van der Waals surface area contributed by atoms with Crippen molar-refractivity contribution in [3.63, 3.8) is 0 Å². The first-order valence-electron chi connectivity index (χ1n) is 9.86. The minimum absolute atomic E-state index is 0.0698. The standard InChI is InChI=1S/C24H32N2O2/c1-17(2)19-7-13-22(14-8-19)26(18(3)27)16-15-23(28)25-21-11-9-20(10-12-21)24(4,5)6/h7-14,17H,15-16H2,1-6H3,(H,25,28). The Bertz CT molecular complexity index is 800. The summed E-state index contributed by atoms with van der Waals surface area (Å²) >= 11 is 0. The molecule has 4 heteroatoms. The molecule has 150 valence electrons. The van der Waals surface area contributed by atoms with Gasteiger partial charge in [0.1, 0.15) is 0 Å².